The average Bonchev–Trinajstić information content (AvgIpc) is 2.65. The van der Waals surface area contributed by atoms with E-state index in [1.807, 2.05) is 56.3 Å². The summed E-state index contributed by atoms with van der Waals surface area (Å²) in [4.78, 5) is 23.4. The standard InChI is InChI=1S/C21H26N2O3/c1-16(2)21(25)23-13-12-22-20(24)15-26-19-11-7-6-10-18(19)14-17-8-4-3-5-9-17/h3-11,16H,12-15H2,1-2H3,(H,22,24)(H,23,25). The number of rotatable bonds is 9. The van der Waals surface area contributed by atoms with Crippen LogP contribution in [0, 0.1) is 5.92 Å². The molecular weight excluding hydrogens is 328 g/mol. The minimum absolute atomic E-state index is 0.0228. The monoisotopic (exact) mass is 354 g/mol. The van der Waals surface area contributed by atoms with Crippen LogP contribution in [-0.2, 0) is 16.0 Å². The first kappa shape index (κ1) is 19.5. The molecule has 26 heavy (non-hydrogen) atoms. The molecule has 2 rings (SSSR count). The number of carbonyl (C=O) groups is 2. The molecule has 0 aliphatic heterocycles. The normalized spacial score (nSPS) is 10.4. The molecule has 0 heterocycles. The number of para-hydroxylation sites is 1. The molecule has 0 fully saturated rings. The molecule has 0 unspecified atom stereocenters. The Kier molecular flexibility index (Phi) is 7.68. The van der Waals surface area contributed by atoms with Crippen molar-refractivity contribution in [1.82, 2.24) is 10.6 Å². The minimum atomic E-state index is -0.210. The quantitative estimate of drug-likeness (QED) is 0.680. The highest BCUT2D eigenvalue weighted by Gasteiger charge is 2.08. The van der Waals surface area contributed by atoms with Crippen molar-refractivity contribution in [2.24, 2.45) is 5.92 Å². The molecule has 0 aliphatic carbocycles. The van der Waals surface area contributed by atoms with E-state index < -0.39 is 0 Å². The Morgan fingerprint density at radius 1 is 0.923 bits per heavy atom. The van der Waals surface area contributed by atoms with Gasteiger partial charge in [-0.2, -0.15) is 0 Å². The number of benzene rings is 2. The van der Waals surface area contributed by atoms with Gasteiger partial charge in [0.25, 0.3) is 5.91 Å². The molecule has 5 nitrogen and oxygen atoms in total. The van der Waals surface area contributed by atoms with Crippen LogP contribution in [0.25, 0.3) is 0 Å². The Morgan fingerprint density at radius 3 is 2.31 bits per heavy atom. The van der Waals surface area contributed by atoms with E-state index in [9.17, 15) is 9.59 Å². The molecule has 2 amide bonds. The van der Waals surface area contributed by atoms with E-state index in [4.69, 9.17) is 4.74 Å². The fourth-order valence-electron chi connectivity index (χ4n) is 2.39. The van der Waals surface area contributed by atoms with Gasteiger partial charge < -0.3 is 15.4 Å². The second-order valence-electron chi connectivity index (χ2n) is 6.35. The summed E-state index contributed by atoms with van der Waals surface area (Å²) in [5.74, 6) is 0.415. The third-order valence-corrected chi connectivity index (χ3v) is 3.84. The van der Waals surface area contributed by atoms with Gasteiger partial charge in [-0.05, 0) is 17.2 Å². The number of hydrogen-bond donors (Lipinski definition) is 2. The largest absolute Gasteiger partial charge is 0.483 e. The van der Waals surface area contributed by atoms with Crippen molar-refractivity contribution >= 4 is 11.8 Å². The molecule has 2 aromatic carbocycles. The molecule has 5 heteroatoms. The Balaban J connectivity index is 1.78. The van der Waals surface area contributed by atoms with Crippen molar-refractivity contribution in [3.05, 3.63) is 65.7 Å². The van der Waals surface area contributed by atoms with Gasteiger partial charge in [-0.15, -0.1) is 0 Å². The van der Waals surface area contributed by atoms with Crippen molar-refractivity contribution in [1.29, 1.82) is 0 Å². The van der Waals surface area contributed by atoms with Gasteiger partial charge in [0.05, 0.1) is 0 Å². The van der Waals surface area contributed by atoms with E-state index in [1.165, 1.54) is 5.56 Å². The summed E-state index contributed by atoms with van der Waals surface area (Å²) in [6.07, 6.45) is 0.750. The summed E-state index contributed by atoms with van der Waals surface area (Å²) >= 11 is 0. The van der Waals surface area contributed by atoms with Gasteiger partial charge in [0.1, 0.15) is 5.75 Å². The maximum absolute atomic E-state index is 11.9. The molecule has 2 aromatic rings. The van der Waals surface area contributed by atoms with Crippen molar-refractivity contribution in [2.75, 3.05) is 19.7 Å². The van der Waals surface area contributed by atoms with E-state index in [2.05, 4.69) is 22.8 Å². The summed E-state index contributed by atoms with van der Waals surface area (Å²) in [5, 5.41) is 5.49. The number of nitrogens with one attached hydrogen (secondary N) is 2. The predicted molar refractivity (Wildman–Crippen MR) is 102 cm³/mol. The third kappa shape index (κ3) is 6.59. The average molecular weight is 354 g/mol. The van der Waals surface area contributed by atoms with Crippen molar-refractivity contribution in [3.8, 4) is 5.75 Å². The number of amides is 2. The molecule has 0 saturated carbocycles. The molecule has 2 N–H and O–H groups in total. The highest BCUT2D eigenvalue weighted by atomic mass is 16.5. The first-order chi connectivity index (χ1) is 12.6. The Labute approximate surface area is 154 Å². The second kappa shape index (κ2) is 10.2. The smallest absolute Gasteiger partial charge is 0.258 e. The van der Waals surface area contributed by atoms with Gasteiger partial charge in [0, 0.05) is 25.4 Å². The van der Waals surface area contributed by atoms with Crippen LogP contribution in [0.5, 0.6) is 5.75 Å². The van der Waals surface area contributed by atoms with E-state index in [-0.39, 0.29) is 24.3 Å². The minimum Gasteiger partial charge on any atom is -0.483 e. The van der Waals surface area contributed by atoms with Crippen molar-refractivity contribution in [2.45, 2.75) is 20.3 Å². The van der Waals surface area contributed by atoms with Crippen LogP contribution in [-0.4, -0.2) is 31.5 Å². The van der Waals surface area contributed by atoms with Crippen LogP contribution in [0.3, 0.4) is 0 Å². The van der Waals surface area contributed by atoms with Gasteiger partial charge in [0.15, 0.2) is 6.61 Å². The van der Waals surface area contributed by atoms with Crippen molar-refractivity contribution < 1.29 is 14.3 Å². The Bertz CT molecular complexity index is 714. The van der Waals surface area contributed by atoms with Gasteiger partial charge in [-0.3, -0.25) is 9.59 Å². The maximum Gasteiger partial charge on any atom is 0.258 e. The van der Waals surface area contributed by atoms with Gasteiger partial charge in [-0.1, -0.05) is 62.4 Å². The van der Waals surface area contributed by atoms with E-state index in [0.717, 1.165) is 12.0 Å². The highest BCUT2D eigenvalue weighted by molar-refractivity contribution is 5.78. The lowest BCUT2D eigenvalue weighted by Crippen LogP contribution is -2.38. The lowest BCUT2D eigenvalue weighted by molar-refractivity contribution is -0.125. The molecule has 138 valence electrons. The lowest BCUT2D eigenvalue weighted by atomic mass is 10.0. The molecule has 0 bridgehead atoms. The number of carbonyl (C=O) groups excluding carboxylic acids is 2. The van der Waals surface area contributed by atoms with Crippen LogP contribution in [0.1, 0.15) is 25.0 Å². The molecule has 0 spiro atoms. The highest BCUT2D eigenvalue weighted by Crippen LogP contribution is 2.21. The molecule has 0 atom stereocenters. The summed E-state index contributed by atoms with van der Waals surface area (Å²) in [7, 11) is 0. The SMILES string of the molecule is CC(C)C(=O)NCCNC(=O)COc1ccccc1Cc1ccccc1. The van der Waals surface area contributed by atoms with Crippen LogP contribution < -0.4 is 15.4 Å². The van der Waals surface area contributed by atoms with E-state index in [0.29, 0.717) is 18.8 Å². The first-order valence-electron chi connectivity index (χ1n) is 8.85. The number of ether oxygens (including phenoxy) is 1. The molecular formula is C21H26N2O3. The zero-order valence-electron chi connectivity index (χ0n) is 15.3. The third-order valence-electron chi connectivity index (χ3n) is 3.84. The topological polar surface area (TPSA) is 67.4 Å². The molecule has 0 radical (unpaired) electrons. The van der Waals surface area contributed by atoms with Crippen molar-refractivity contribution in [3.63, 3.8) is 0 Å². The van der Waals surface area contributed by atoms with E-state index in [1.54, 1.807) is 0 Å². The Hall–Kier alpha value is -2.82. The number of hydrogen-bond acceptors (Lipinski definition) is 3. The zero-order valence-corrected chi connectivity index (χ0v) is 15.3. The van der Waals surface area contributed by atoms with Crippen LogP contribution in [0.4, 0.5) is 0 Å². The fourth-order valence-corrected chi connectivity index (χ4v) is 2.39. The first-order valence-corrected chi connectivity index (χ1v) is 8.85. The van der Waals surface area contributed by atoms with E-state index >= 15 is 0 Å². The van der Waals surface area contributed by atoms with Gasteiger partial charge in [0.2, 0.25) is 5.91 Å². The second-order valence-corrected chi connectivity index (χ2v) is 6.35. The molecule has 0 saturated heterocycles. The van der Waals surface area contributed by atoms with Gasteiger partial charge in [-0.25, -0.2) is 0 Å². The summed E-state index contributed by atoms with van der Waals surface area (Å²) in [6.45, 7) is 4.40. The van der Waals surface area contributed by atoms with Gasteiger partial charge >= 0.3 is 0 Å². The van der Waals surface area contributed by atoms with Crippen LogP contribution >= 0.6 is 0 Å². The lowest BCUT2D eigenvalue weighted by Gasteiger charge is -2.12. The summed E-state index contributed by atoms with van der Waals surface area (Å²) < 4.78 is 5.69. The maximum atomic E-state index is 11.9. The summed E-state index contributed by atoms with van der Waals surface area (Å²) in [5.41, 5.74) is 2.23. The predicted octanol–water partition coefficient (Wildman–Crippen LogP) is 2.54. The fraction of sp³-hybridized carbons (Fsp3) is 0.333. The molecule has 0 aromatic heterocycles. The van der Waals surface area contributed by atoms with Crippen LogP contribution in [0.2, 0.25) is 0 Å². The molecule has 0 aliphatic rings. The van der Waals surface area contributed by atoms with Crippen LogP contribution in [0.15, 0.2) is 54.6 Å². The zero-order chi connectivity index (χ0) is 18.8. The summed E-state index contributed by atoms with van der Waals surface area (Å²) in [6, 6.07) is 17.8. The Morgan fingerprint density at radius 2 is 1.58 bits per heavy atom.